The van der Waals surface area contributed by atoms with Crippen LogP contribution in [0.1, 0.15) is 12.0 Å². The summed E-state index contributed by atoms with van der Waals surface area (Å²) in [5.74, 6) is -0.0120. The van der Waals surface area contributed by atoms with E-state index in [1.54, 1.807) is 19.2 Å². The number of rotatable bonds is 10. The lowest BCUT2D eigenvalue weighted by Gasteiger charge is -2.06. The number of nitrogens with one attached hydrogen (secondary N) is 2. The van der Waals surface area contributed by atoms with Crippen molar-refractivity contribution < 1.29 is 17.9 Å². The van der Waals surface area contributed by atoms with Crippen molar-refractivity contribution in [1.82, 2.24) is 10.6 Å². The van der Waals surface area contributed by atoms with Gasteiger partial charge in [-0.3, -0.25) is 4.79 Å². The van der Waals surface area contributed by atoms with E-state index in [1.165, 1.54) is 12.1 Å². The zero-order valence-corrected chi connectivity index (χ0v) is 13.5. The zero-order chi connectivity index (χ0) is 16.4. The minimum atomic E-state index is -3.64. The molecule has 124 valence electrons. The summed E-state index contributed by atoms with van der Waals surface area (Å²) >= 11 is 0. The molecule has 0 heterocycles. The Morgan fingerprint density at radius 2 is 1.86 bits per heavy atom. The van der Waals surface area contributed by atoms with E-state index in [0.717, 1.165) is 12.0 Å². The molecule has 1 rings (SSSR count). The van der Waals surface area contributed by atoms with Gasteiger partial charge in [0.2, 0.25) is 15.9 Å². The topological polar surface area (TPSA) is 111 Å². The molecule has 0 saturated carbocycles. The van der Waals surface area contributed by atoms with Crippen molar-refractivity contribution in [3.8, 4) is 0 Å². The number of carbonyl (C=O) groups is 1. The predicted octanol–water partition coefficient (Wildman–Crippen LogP) is -0.381. The van der Waals surface area contributed by atoms with Gasteiger partial charge in [0.1, 0.15) is 0 Å². The molecule has 0 saturated heterocycles. The molecule has 0 aromatic heterocycles. The molecule has 1 aromatic rings. The number of sulfonamides is 1. The number of amides is 1. The molecule has 0 bridgehead atoms. The lowest BCUT2D eigenvalue weighted by atomic mass is 10.1. The molecule has 4 N–H and O–H groups in total. The monoisotopic (exact) mass is 329 g/mol. The molecule has 0 aliphatic heterocycles. The van der Waals surface area contributed by atoms with Crippen LogP contribution in [0.3, 0.4) is 0 Å². The third-order valence-electron chi connectivity index (χ3n) is 3.00. The van der Waals surface area contributed by atoms with Crippen molar-refractivity contribution in [2.75, 3.05) is 33.4 Å². The maximum absolute atomic E-state index is 11.4. The Kier molecular flexibility index (Phi) is 8.03. The second-order valence-electron chi connectivity index (χ2n) is 4.78. The number of hydrogen-bond acceptors (Lipinski definition) is 5. The van der Waals surface area contributed by atoms with E-state index in [1.807, 2.05) is 0 Å². The van der Waals surface area contributed by atoms with E-state index in [9.17, 15) is 13.2 Å². The molecule has 0 aliphatic carbocycles. The zero-order valence-electron chi connectivity index (χ0n) is 12.7. The number of nitrogens with two attached hydrogens (primary N) is 1. The number of methoxy groups -OCH3 is 1. The molecule has 8 heteroatoms. The summed E-state index contributed by atoms with van der Waals surface area (Å²) in [7, 11) is -2.05. The first-order chi connectivity index (χ1) is 10.4. The molecule has 0 radical (unpaired) electrons. The summed E-state index contributed by atoms with van der Waals surface area (Å²) in [4.78, 5) is 11.5. The van der Waals surface area contributed by atoms with Crippen molar-refractivity contribution in [3.05, 3.63) is 29.8 Å². The highest BCUT2D eigenvalue weighted by Crippen LogP contribution is 2.08. The van der Waals surface area contributed by atoms with Crippen molar-refractivity contribution in [2.24, 2.45) is 5.14 Å². The molecular formula is C14H23N3O4S. The Labute approximate surface area is 131 Å². The molecule has 1 amide bonds. The summed E-state index contributed by atoms with van der Waals surface area (Å²) in [6, 6.07) is 6.46. The average molecular weight is 329 g/mol. The maximum Gasteiger partial charge on any atom is 0.238 e. The van der Waals surface area contributed by atoms with Crippen LogP contribution >= 0.6 is 0 Å². The van der Waals surface area contributed by atoms with E-state index in [-0.39, 0.29) is 10.8 Å². The number of benzene rings is 1. The van der Waals surface area contributed by atoms with E-state index >= 15 is 0 Å². The second kappa shape index (κ2) is 9.52. The Hall–Kier alpha value is -1.48. The van der Waals surface area contributed by atoms with Crippen molar-refractivity contribution in [1.29, 1.82) is 0 Å². The van der Waals surface area contributed by atoms with Gasteiger partial charge in [0, 0.05) is 26.6 Å². The third-order valence-corrected chi connectivity index (χ3v) is 3.93. The number of carbonyl (C=O) groups excluding carboxylic acids is 1. The Balaban J connectivity index is 2.18. The van der Waals surface area contributed by atoms with Crippen LogP contribution in [0.4, 0.5) is 0 Å². The summed E-state index contributed by atoms with van der Waals surface area (Å²) in [5.41, 5.74) is 1.00. The van der Waals surface area contributed by atoms with Gasteiger partial charge in [-0.2, -0.15) is 0 Å². The summed E-state index contributed by atoms with van der Waals surface area (Å²) in [6.45, 7) is 2.33. The van der Waals surface area contributed by atoms with Gasteiger partial charge in [-0.15, -0.1) is 0 Å². The van der Waals surface area contributed by atoms with Crippen molar-refractivity contribution in [2.45, 2.75) is 17.7 Å². The van der Waals surface area contributed by atoms with Gasteiger partial charge in [-0.25, -0.2) is 13.6 Å². The van der Waals surface area contributed by atoms with E-state index in [4.69, 9.17) is 9.88 Å². The van der Waals surface area contributed by atoms with Crippen LogP contribution in [0.15, 0.2) is 29.2 Å². The molecule has 22 heavy (non-hydrogen) atoms. The SMILES string of the molecule is COCCNC(=O)CCNCCc1ccc(S(N)(=O)=O)cc1. The van der Waals surface area contributed by atoms with Crippen molar-refractivity contribution in [3.63, 3.8) is 0 Å². The summed E-state index contributed by atoms with van der Waals surface area (Å²) in [5, 5.41) is 10.9. The highest BCUT2D eigenvalue weighted by atomic mass is 32.2. The van der Waals surface area contributed by atoms with Gasteiger partial charge < -0.3 is 15.4 Å². The molecule has 0 fully saturated rings. The third kappa shape index (κ3) is 7.51. The fourth-order valence-electron chi connectivity index (χ4n) is 1.79. The van der Waals surface area contributed by atoms with Gasteiger partial charge in [-0.1, -0.05) is 12.1 Å². The number of primary sulfonamides is 1. The molecule has 0 unspecified atom stereocenters. The van der Waals surface area contributed by atoms with Crippen LogP contribution in [0.5, 0.6) is 0 Å². The number of ether oxygens (including phenoxy) is 1. The first kappa shape index (κ1) is 18.6. The Morgan fingerprint density at radius 1 is 1.18 bits per heavy atom. The summed E-state index contributed by atoms with van der Waals surface area (Å²) < 4.78 is 27.1. The number of hydrogen-bond donors (Lipinski definition) is 3. The van der Waals surface area contributed by atoms with Crippen molar-refractivity contribution >= 4 is 15.9 Å². The predicted molar refractivity (Wildman–Crippen MR) is 83.9 cm³/mol. The largest absolute Gasteiger partial charge is 0.383 e. The van der Waals surface area contributed by atoms with E-state index < -0.39 is 10.0 Å². The smallest absolute Gasteiger partial charge is 0.238 e. The Bertz CT molecular complexity index is 558. The summed E-state index contributed by atoms with van der Waals surface area (Å²) in [6.07, 6.45) is 1.16. The first-order valence-electron chi connectivity index (χ1n) is 7.01. The van der Waals surface area contributed by atoms with Crippen LogP contribution in [0.25, 0.3) is 0 Å². The highest BCUT2D eigenvalue weighted by molar-refractivity contribution is 7.89. The lowest BCUT2D eigenvalue weighted by molar-refractivity contribution is -0.121. The minimum absolute atomic E-state index is 0.0120. The van der Waals surface area contributed by atoms with Crippen LogP contribution in [-0.4, -0.2) is 47.7 Å². The van der Waals surface area contributed by atoms with Crippen LogP contribution in [-0.2, 0) is 26.0 Å². The van der Waals surface area contributed by atoms with Gasteiger partial charge >= 0.3 is 0 Å². The Morgan fingerprint density at radius 3 is 2.45 bits per heavy atom. The first-order valence-corrected chi connectivity index (χ1v) is 8.56. The second-order valence-corrected chi connectivity index (χ2v) is 6.34. The van der Waals surface area contributed by atoms with Gasteiger partial charge in [0.05, 0.1) is 11.5 Å². The molecule has 7 nitrogen and oxygen atoms in total. The van der Waals surface area contributed by atoms with Crippen LogP contribution in [0, 0.1) is 0 Å². The lowest BCUT2D eigenvalue weighted by Crippen LogP contribution is -2.30. The van der Waals surface area contributed by atoms with E-state index in [2.05, 4.69) is 10.6 Å². The van der Waals surface area contributed by atoms with E-state index in [0.29, 0.717) is 32.7 Å². The molecular weight excluding hydrogens is 306 g/mol. The minimum Gasteiger partial charge on any atom is -0.383 e. The molecule has 1 aromatic carbocycles. The fourth-order valence-corrected chi connectivity index (χ4v) is 2.30. The highest BCUT2D eigenvalue weighted by Gasteiger charge is 2.06. The van der Waals surface area contributed by atoms with Crippen LogP contribution < -0.4 is 15.8 Å². The quantitative estimate of drug-likeness (QED) is 0.507. The molecule has 0 spiro atoms. The normalized spacial score (nSPS) is 11.4. The average Bonchev–Trinajstić information content (AvgIpc) is 2.47. The molecule has 0 aliphatic rings. The standard InChI is InChI=1S/C14H23N3O4S/c1-21-11-10-17-14(18)7-9-16-8-6-12-2-4-13(5-3-12)22(15,19)20/h2-5,16H,6-11H2,1H3,(H,17,18)(H2,15,19,20). The molecule has 0 atom stereocenters. The fraction of sp³-hybridized carbons (Fsp3) is 0.500. The van der Waals surface area contributed by atoms with Crippen LogP contribution in [0.2, 0.25) is 0 Å². The van der Waals surface area contributed by atoms with Gasteiger partial charge in [-0.05, 0) is 30.7 Å². The van der Waals surface area contributed by atoms with Gasteiger partial charge in [0.15, 0.2) is 0 Å². The van der Waals surface area contributed by atoms with Gasteiger partial charge in [0.25, 0.3) is 0 Å². The maximum atomic E-state index is 11.4.